The lowest BCUT2D eigenvalue weighted by Gasteiger charge is -2.42. The zero-order valence-corrected chi connectivity index (χ0v) is 9.49. The molecule has 1 aliphatic rings. The quantitative estimate of drug-likeness (QED) is 0.660. The molecule has 2 nitrogen and oxygen atoms in total. The Balaban J connectivity index is 2.59. The molecule has 2 atom stereocenters. The van der Waals surface area contributed by atoms with Gasteiger partial charge >= 0.3 is 0 Å². The normalized spacial score (nSPS) is 40.6. The second kappa shape index (κ2) is 4.16. The first-order valence-corrected chi connectivity index (χ1v) is 5.44. The Morgan fingerprint density at radius 1 is 1.38 bits per heavy atom. The first-order chi connectivity index (χ1) is 6.04. The molecule has 0 N–H and O–H groups in total. The SMILES string of the molecule is CCCC1(Cl)OCCC(C)(CC)O1. The molecular formula is C10H19ClO2. The monoisotopic (exact) mass is 206 g/mol. The van der Waals surface area contributed by atoms with Crippen LogP contribution >= 0.6 is 11.6 Å². The van der Waals surface area contributed by atoms with Crippen LogP contribution in [0.4, 0.5) is 0 Å². The van der Waals surface area contributed by atoms with E-state index in [1.165, 1.54) is 0 Å². The van der Waals surface area contributed by atoms with E-state index in [0.717, 1.165) is 25.7 Å². The van der Waals surface area contributed by atoms with Gasteiger partial charge in [-0.2, -0.15) is 0 Å². The Morgan fingerprint density at radius 3 is 2.62 bits per heavy atom. The van der Waals surface area contributed by atoms with Gasteiger partial charge in [0.1, 0.15) is 0 Å². The third-order valence-electron chi connectivity index (χ3n) is 2.64. The summed E-state index contributed by atoms with van der Waals surface area (Å²) >= 11 is 6.19. The van der Waals surface area contributed by atoms with E-state index in [4.69, 9.17) is 21.1 Å². The Labute approximate surface area is 85.5 Å². The molecule has 1 aliphatic heterocycles. The minimum Gasteiger partial charge on any atom is -0.337 e. The third kappa shape index (κ3) is 2.83. The van der Waals surface area contributed by atoms with Crippen LogP contribution in [0.1, 0.15) is 46.5 Å². The molecule has 2 unspecified atom stereocenters. The molecule has 78 valence electrons. The van der Waals surface area contributed by atoms with Crippen LogP contribution in [0.15, 0.2) is 0 Å². The van der Waals surface area contributed by atoms with E-state index < -0.39 is 5.25 Å². The van der Waals surface area contributed by atoms with Crippen LogP contribution in [0, 0.1) is 0 Å². The van der Waals surface area contributed by atoms with Crippen molar-refractivity contribution in [3.05, 3.63) is 0 Å². The maximum Gasteiger partial charge on any atom is 0.248 e. The number of hydrogen-bond donors (Lipinski definition) is 0. The summed E-state index contributed by atoms with van der Waals surface area (Å²) in [7, 11) is 0. The largest absolute Gasteiger partial charge is 0.337 e. The predicted molar refractivity (Wildman–Crippen MR) is 53.8 cm³/mol. The summed E-state index contributed by atoms with van der Waals surface area (Å²) in [5.74, 6) is 0. The fraction of sp³-hybridized carbons (Fsp3) is 1.00. The number of hydrogen-bond acceptors (Lipinski definition) is 2. The lowest BCUT2D eigenvalue weighted by atomic mass is 9.98. The fourth-order valence-electron chi connectivity index (χ4n) is 1.54. The van der Waals surface area contributed by atoms with Crippen LogP contribution in [0.5, 0.6) is 0 Å². The van der Waals surface area contributed by atoms with Crippen LogP contribution in [0.25, 0.3) is 0 Å². The summed E-state index contributed by atoms with van der Waals surface area (Å²) in [6, 6.07) is 0. The molecule has 1 fully saturated rings. The standard InChI is InChI=1S/C10H19ClO2/c1-4-6-10(11)12-8-7-9(3,5-2)13-10/h4-8H2,1-3H3. The highest BCUT2D eigenvalue weighted by Gasteiger charge is 2.41. The summed E-state index contributed by atoms with van der Waals surface area (Å²) in [4.78, 5) is 0. The van der Waals surface area contributed by atoms with Crippen molar-refractivity contribution >= 4 is 11.6 Å². The van der Waals surface area contributed by atoms with Gasteiger partial charge in [0.2, 0.25) is 5.25 Å². The van der Waals surface area contributed by atoms with E-state index in [1.807, 2.05) is 0 Å². The van der Waals surface area contributed by atoms with Crippen molar-refractivity contribution in [3.63, 3.8) is 0 Å². The van der Waals surface area contributed by atoms with Crippen LogP contribution < -0.4 is 0 Å². The highest BCUT2D eigenvalue weighted by molar-refractivity contribution is 6.21. The van der Waals surface area contributed by atoms with Gasteiger partial charge in [0, 0.05) is 6.42 Å². The zero-order valence-electron chi connectivity index (χ0n) is 8.73. The van der Waals surface area contributed by atoms with Gasteiger partial charge < -0.3 is 9.47 Å². The average Bonchev–Trinajstić information content (AvgIpc) is 2.04. The summed E-state index contributed by atoms with van der Waals surface area (Å²) in [5, 5.41) is -0.863. The Bertz CT molecular complexity index is 170. The second-order valence-corrected chi connectivity index (χ2v) is 4.49. The average molecular weight is 207 g/mol. The topological polar surface area (TPSA) is 18.5 Å². The second-order valence-electron chi connectivity index (χ2n) is 3.91. The lowest BCUT2D eigenvalue weighted by molar-refractivity contribution is -0.281. The first-order valence-electron chi connectivity index (χ1n) is 5.06. The predicted octanol–water partition coefficient (Wildman–Crippen LogP) is 3.28. The van der Waals surface area contributed by atoms with E-state index in [9.17, 15) is 0 Å². The molecule has 0 aromatic heterocycles. The van der Waals surface area contributed by atoms with Gasteiger partial charge in [-0.15, -0.1) is 0 Å². The summed E-state index contributed by atoms with van der Waals surface area (Å²) in [6.07, 6.45) is 3.64. The van der Waals surface area contributed by atoms with Crippen LogP contribution in [0.2, 0.25) is 0 Å². The van der Waals surface area contributed by atoms with Crippen LogP contribution in [-0.2, 0) is 9.47 Å². The van der Waals surface area contributed by atoms with Crippen LogP contribution in [-0.4, -0.2) is 17.5 Å². The number of ether oxygens (including phenoxy) is 2. The first kappa shape index (κ1) is 11.3. The maximum atomic E-state index is 6.19. The molecule has 0 bridgehead atoms. The summed E-state index contributed by atoms with van der Waals surface area (Å²) in [5.41, 5.74) is -0.102. The van der Waals surface area contributed by atoms with Gasteiger partial charge in [-0.1, -0.05) is 25.4 Å². The zero-order chi connectivity index (χ0) is 9.95. The molecule has 0 spiro atoms. The number of rotatable bonds is 3. The van der Waals surface area contributed by atoms with Gasteiger partial charge in [0.15, 0.2) is 0 Å². The van der Waals surface area contributed by atoms with Crippen LogP contribution in [0.3, 0.4) is 0 Å². The lowest BCUT2D eigenvalue weighted by Crippen LogP contribution is -2.46. The molecule has 3 heteroatoms. The Hall–Kier alpha value is 0.210. The van der Waals surface area contributed by atoms with Gasteiger partial charge in [0.05, 0.1) is 12.2 Å². The molecule has 0 aromatic rings. The molecule has 1 rings (SSSR count). The van der Waals surface area contributed by atoms with Crippen molar-refractivity contribution in [1.82, 2.24) is 0 Å². The molecule has 0 aliphatic carbocycles. The molecule has 0 amide bonds. The highest BCUT2D eigenvalue weighted by Crippen LogP contribution is 2.38. The molecule has 0 aromatic carbocycles. The van der Waals surface area contributed by atoms with Gasteiger partial charge in [0.25, 0.3) is 0 Å². The fourth-order valence-corrected chi connectivity index (χ4v) is 1.99. The molecule has 13 heavy (non-hydrogen) atoms. The van der Waals surface area contributed by atoms with Crippen molar-refractivity contribution in [3.8, 4) is 0 Å². The van der Waals surface area contributed by atoms with E-state index in [1.54, 1.807) is 0 Å². The molecule has 1 saturated heterocycles. The summed E-state index contributed by atoms with van der Waals surface area (Å²) < 4.78 is 11.2. The molecule has 0 saturated carbocycles. The molecule has 0 radical (unpaired) electrons. The molecular weight excluding hydrogens is 188 g/mol. The number of halogens is 1. The minimum absolute atomic E-state index is 0.102. The smallest absolute Gasteiger partial charge is 0.248 e. The van der Waals surface area contributed by atoms with E-state index >= 15 is 0 Å². The molecule has 1 heterocycles. The van der Waals surface area contributed by atoms with Crippen molar-refractivity contribution in [1.29, 1.82) is 0 Å². The highest BCUT2D eigenvalue weighted by atomic mass is 35.5. The van der Waals surface area contributed by atoms with Gasteiger partial charge in [-0.3, -0.25) is 0 Å². The van der Waals surface area contributed by atoms with E-state index in [0.29, 0.717) is 6.61 Å². The van der Waals surface area contributed by atoms with Crippen molar-refractivity contribution in [2.75, 3.05) is 6.61 Å². The van der Waals surface area contributed by atoms with Gasteiger partial charge in [-0.25, -0.2) is 0 Å². The Kier molecular flexibility index (Phi) is 3.61. The van der Waals surface area contributed by atoms with E-state index in [-0.39, 0.29) is 5.60 Å². The Morgan fingerprint density at radius 2 is 2.08 bits per heavy atom. The van der Waals surface area contributed by atoms with Gasteiger partial charge in [-0.05, 0) is 26.2 Å². The third-order valence-corrected chi connectivity index (χ3v) is 3.02. The minimum atomic E-state index is -0.863. The maximum absolute atomic E-state index is 6.19. The van der Waals surface area contributed by atoms with Crippen molar-refractivity contribution in [2.24, 2.45) is 0 Å². The van der Waals surface area contributed by atoms with E-state index in [2.05, 4.69) is 20.8 Å². The van der Waals surface area contributed by atoms with Crippen molar-refractivity contribution in [2.45, 2.75) is 57.3 Å². The van der Waals surface area contributed by atoms with Crippen molar-refractivity contribution < 1.29 is 9.47 Å². The summed E-state index contributed by atoms with van der Waals surface area (Å²) in [6.45, 7) is 7.00. The number of alkyl halides is 1.